The lowest BCUT2D eigenvalue weighted by molar-refractivity contribution is -0.137. The monoisotopic (exact) mass is 296 g/mol. The minimum atomic E-state index is -0.746. The Morgan fingerprint density at radius 2 is 2.00 bits per heavy atom. The van der Waals surface area contributed by atoms with Crippen LogP contribution in [-0.4, -0.2) is 42.1 Å². The van der Waals surface area contributed by atoms with Crippen molar-refractivity contribution < 1.29 is 14.7 Å². The van der Waals surface area contributed by atoms with Crippen molar-refractivity contribution >= 4 is 12.0 Å². The normalized spacial score (nSPS) is 26.8. The molecule has 0 heterocycles. The van der Waals surface area contributed by atoms with Gasteiger partial charge in [-0.2, -0.15) is 0 Å². The molecule has 2 rings (SSSR count). The number of carboxylic acids is 1. The molecule has 5 nitrogen and oxygen atoms in total. The first kappa shape index (κ1) is 16.1. The number of rotatable bonds is 8. The summed E-state index contributed by atoms with van der Waals surface area (Å²) in [7, 11) is 1.88. The smallest absolute Gasteiger partial charge is 0.317 e. The van der Waals surface area contributed by atoms with Crippen LogP contribution in [0.2, 0.25) is 0 Å². The second-order valence-electron chi connectivity index (χ2n) is 6.75. The zero-order chi connectivity index (χ0) is 15.2. The van der Waals surface area contributed by atoms with Crippen molar-refractivity contribution in [2.75, 3.05) is 20.1 Å². The van der Waals surface area contributed by atoms with Crippen molar-refractivity contribution in [3.63, 3.8) is 0 Å². The lowest BCUT2D eigenvalue weighted by atomic mass is 9.88. The predicted molar refractivity (Wildman–Crippen MR) is 81.1 cm³/mol. The Morgan fingerprint density at radius 3 is 2.62 bits per heavy atom. The summed E-state index contributed by atoms with van der Waals surface area (Å²) in [6.07, 6.45) is 8.04. The van der Waals surface area contributed by atoms with Crippen LogP contribution in [0.1, 0.15) is 51.4 Å². The van der Waals surface area contributed by atoms with Gasteiger partial charge in [-0.05, 0) is 49.9 Å². The van der Waals surface area contributed by atoms with E-state index in [-0.39, 0.29) is 12.5 Å². The highest BCUT2D eigenvalue weighted by atomic mass is 16.4. The van der Waals surface area contributed by atoms with Gasteiger partial charge in [0.2, 0.25) is 0 Å². The molecule has 0 spiro atoms. The number of hydrogen-bond acceptors (Lipinski definition) is 2. The lowest BCUT2D eigenvalue weighted by Gasteiger charge is -2.27. The number of fused-ring (bicyclic) bond motifs is 2. The Labute approximate surface area is 127 Å². The topological polar surface area (TPSA) is 69.6 Å². The van der Waals surface area contributed by atoms with Crippen molar-refractivity contribution in [2.45, 2.75) is 51.4 Å². The molecule has 0 aromatic carbocycles. The number of unbranched alkanes of at least 4 members (excludes halogenated alkanes) is 2. The van der Waals surface area contributed by atoms with Gasteiger partial charge in [0.1, 0.15) is 0 Å². The van der Waals surface area contributed by atoms with Crippen molar-refractivity contribution in [3.8, 4) is 0 Å². The summed E-state index contributed by atoms with van der Waals surface area (Å²) in [5, 5.41) is 11.5. The first-order chi connectivity index (χ1) is 10.1. The van der Waals surface area contributed by atoms with Crippen molar-refractivity contribution in [2.24, 2.45) is 17.8 Å². The number of aliphatic carboxylic acids is 1. The van der Waals surface area contributed by atoms with Gasteiger partial charge in [0, 0.05) is 26.6 Å². The van der Waals surface area contributed by atoms with Crippen LogP contribution in [0, 0.1) is 17.8 Å². The number of nitrogens with one attached hydrogen (secondary N) is 1. The Morgan fingerprint density at radius 1 is 1.19 bits per heavy atom. The fourth-order valence-corrected chi connectivity index (χ4v) is 3.94. The van der Waals surface area contributed by atoms with Gasteiger partial charge in [0.25, 0.3) is 0 Å². The van der Waals surface area contributed by atoms with E-state index in [1.54, 1.807) is 0 Å². The molecule has 3 unspecified atom stereocenters. The number of amides is 2. The second kappa shape index (κ2) is 7.66. The molecule has 2 fully saturated rings. The molecular formula is C16H28N2O3. The van der Waals surface area contributed by atoms with Crippen molar-refractivity contribution in [3.05, 3.63) is 0 Å². The van der Waals surface area contributed by atoms with Crippen LogP contribution in [-0.2, 0) is 4.79 Å². The highest BCUT2D eigenvalue weighted by Gasteiger charge is 2.39. The van der Waals surface area contributed by atoms with E-state index in [4.69, 9.17) is 5.11 Å². The molecule has 2 amide bonds. The number of nitrogens with zero attached hydrogens (tertiary/aromatic N) is 1. The van der Waals surface area contributed by atoms with Crippen LogP contribution in [0.5, 0.6) is 0 Å². The summed E-state index contributed by atoms with van der Waals surface area (Å²) in [5.41, 5.74) is 0. The first-order valence-electron chi connectivity index (χ1n) is 8.27. The number of carboxylic acid groups (broad SMARTS) is 1. The maximum Gasteiger partial charge on any atom is 0.317 e. The fraction of sp³-hybridized carbons (Fsp3) is 0.875. The van der Waals surface area contributed by atoms with Crippen LogP contribution in [0.15, 0.2) is 0 Å². The summed E-state index contributed by atoms with van der Waals surface area (Å²) in [5.74, 6) is 1.73. The third kappa shape index (κ3) is 4.90. The summed E-state index contributed by atoms with van der Waals surface area (Å²) in [4.78, 5) is 24.2. The summed E-state index contributed by atoms with van der Waals surface area (Å²) >= 11 is 0. The average molecular weight is 296 g/mol. The molecule has 0 saturated heterocycles. The molecule has 0 radical (unpaired) electrons. The highest BCUT2D eigenvalue weighted by molar-refractivity contribution is 5.73. The predicted octanol–water partition coefficient (Wildman–Crippen LogP) is 2.71. The van der Waals surface area contributed by atoms with Gasteiger partial charge in [-0.1, -0.05) is 12.8 Å². The lowest BCUT2D eigenvalue weighted by Crippen LogP contribution is -2.41. The maximum atomic E-state index is 12.0. The van der Waals surface area contributed by atoms with Gasteiger partial charge in [0.05, 0.1) is 0 Å². The van der Waals surface area contributed by atoms with E-state index in [2.05, 4.69) is 5.32 Å². The Kier molecular flexibility index (Phi) is 5.88. The Bertz CT molecular complexity index is 373. The molecular weight excluding hydrogens is 268 g/mol. The van der Waals surface area contributed by atoms with E-state index in [9.17, 15) is 9.59 Å². The summed E-state index contributed by atoms with van der Waals surface area (Å²) < 4.78 is 0. The molecule has 2 saturated carbocycles. The van der Waals surface area contributed by atoms with Crippen LogP contribution in [0.3, 0.4) is 0 Å². The standard InChI is InChI=1S/C16H28N2O3/c1-18(11-14-10-12-6-7-13(14)9-12)16(21)17-8-4-2-3-5-15(19)20/h12-14H,2-11H2,1H3,(H,17,21)(H,19,20). The molecule has 3 atom stereocenters. The number of carbonyl (C=O) groups excluding carboxylic acids is 1. The van der Waals surface area contributed by atoms with E-state index >= 15 is 0 Å². The van der Waals surface area contributed by atoms with Gasteiger partial charge in [-0.15, -0.1) is 0 Å². The fourth-order valence-electron chi connectivity index (χ4n) is 3.94. The molecule has 21 heavy (non-hydrogen) atoms. The Balaban J connectivity index is 1.54. The number of carbonyl (C=O) groups is 2. The molecule has 2 aliphatic rings. The summed E-state index contributed by atoms with van der Waals surface area (Å²) in [6, 6.07) is 0.0102. The van der Waals surface area contributed by atoms with Crippen molar-refractivity contribution in [1.82, 2.24) is 10.2 Å². The minimum Gasteiger partial charge on any atom is -0.481 e. The SMILES string of the molecule is CN(CC1CC2CCC1C2)C(=O)NCCCCCC(=O)O. The number of urea groups is 1. The zero-order valence-electron chi connectivity index (χ0n) is 13.0. The Hall–Kier alpha value is -1.26. The van der Waals surface area contributed by atoms with E-state index in [1.807, 2.05) is 11.9 Å². The van der Waals surface area contributed by atoms with Gasteiger partial charge in [-0.3, -0.25) is 4.79 Å². The van der Waals surface area contributed by atoms with E-state index in [0.29, 0.717) is 18.9 Å². The second-order valence-corrected chi connectivity index (χ2v) is 6.75. The van der Waals surface area contributed by atoms with E-state index < -0.39 is 5.97 Å². The summed E-state index contributed by atoms with van der Waals surface area (Å²) in [6.45, 7) is 1.52. The molecule has 2 bridgehead atoms. The number of hydrogen-bond donors (Lipinski definition) is 2. The van der Waals surface area contributed by atoms with Gasteiger partial charge < -0.3 is 15.3 Å². The third-order valence-electron chi connectivity index (χ3n) is 5.08. The van der Waals surface area contributed by atoms with Gasteiger partial charge in [0.15, 0.2) is 0 Å². The third-order valence-corrected chi connectivity index (χ3v) is 5.08. The molecule has 120 valence electrons. The average Bonchev–Trinajstić information content (AvgIpc) is 3.04. The molecule has 5 heteroatoms. The van der Waals surface area contributed by atoms with Gasteiger partial charge >= 0.3 is 12.0 Å². The van der Waals surface area contributed by atoms with Crippen LogP contribution in [0.25, 0.3) is 0 Å². The zero-order valence-corrected chi connectivity index (χ0v) is 13.0. The largest absolute Gasteiger partial charge is 0.481 e. The van der Waals surface area contributed by atoms with E-state index in [0.717, 1.165) is 31.2 Å². The molecule has 2 aliphatic carbocycles. The minimum absolute atomic E-state index is 0.0102. The molecule has 0 aromatic rings. The molecule has 2 N–H and O–H groups in total. The quantitative estimate of drug-likeness (QED) is 0.677. The van der Waals surface area contributed by atoms with Crippen LogP contribution < -0.4 is 5.32 Å². The molecule has 0 aromatic heterocycles. The first-order valence-corrected chi connectivity index (χ1v) is 8.27. The van der Waals surface area contributed by atoms with Crippen LogP contribution in [0.4, 0.5) is 4.79 Å². The highest BCUT2D eigenvalue weighted by Crippen LogP contribution is 2.48. The maximum absolute atomic E-state index is 12.0. The van der Waals surface area contributed by atoms with Crippen LogP contribution >= 0.6 is 0 Å². The van der Waals surface area contributed by atoms with Crippen molar-refractivity contribution in [1.29, 1.82) is 0 Å². The van der Waals surface area contributed by atoms with E-state index in [1.165, 1.54) is 25.7 Å². The molecule has 0 aliphatic heterocycles. The van der Waals surface area contributed by atoms with Gasteiger partial charge in [-0.25, -0.2) is 4.79 Å².